The van der Waals surface area contributed by atoms with Crippen molar-refractivity contribution in [2.24, 2.45) is 0 Å². The number of hydrogen-bond acceptors (Lipinski definition) is 6. The Labute approximate surface area is 152 Å². The third-order valence-corrected chi connectivity index (χ3v) is 5.20. The van der Waals surface area contributed by atoms with Crippen molar-refractivity contribution in [1.29, 1.82) is 0 Å². The van der Waals surface area contributed by atoms with Crippen LogP contribution in [0, 0.1) is 0 Å². The van der Waals surface area contributed by atoms with Crippen LogP contribution in [-0.4, -0.2) is 39.1 Å². The Morgan fingerprint density at radius 2 is 1.69 bits per heavy atom. The molecular formula is C17H21N3O5S. The highest BCUT2D eigenvalue weighted by atomic mass is 32.2. The fraction of sp³-hybridized carbons (Fsp3) is 0.294. The van der Waals surface area contributed by atoms with E-state index < -0.39 is 21.5 Å². The Morgan fingerprint density at radius 1 is 1.04 bits per heavy atom. The van der Waals surface area contributed by atoms with Crippen molar-refractivity contribution in [3.63, 3.8) is 0 Å². The number of sulfonamides is 1. The van der Waals surface area contributed by atoms with Gasteiger partial charge in [-0.15, -0.1) is 0 Å². The molecular weight excluding hydrogens is 358 g/mol. The number of amides is 1. The number of carbonyl (C=O) groups excluding carboxylic acids is 1. The quantitative estimate of drug-likeness (QED) is 0.760. The number of carbonyl (C=O) groups is 1. The van der Waals surface area contributed by atoms with Crippen molar-refractivity contribution in [3.8, 4) is 11.6 Å². The van der Waals surface area contributed by atoms with Gasteiger partial charge in [-0.3, -0.25) is 4.79 Å². The van der Waals surface area contributed by atoms with Crippen LogP contribution in [0.2, 0.25) is 0 Å². The van der Waals surface area contributed by atoms with Crippen LogP contribution in [0.1, 0.15) is 13.8 Å². The second-order valence-corrected chi connectivity index (χ2v) is 7.63. The minimum atomic E-state index is -3.89. The lowest BCUT2D eigenvalue weighted by atomic mass is 10.1. The smallest absolute Gasteiger partial charge is 0.245 e. The van der Waals surface area contributed by atoms with Crippen LogP contribution in [0.3, 0.4) is 0 Å². The first-order valence-electron chi connectivity index (χ1n) is 7.67. The number of anilines is 1. The van der Waals surface area contributed by atoms with E-state index in [0.29, 0.717) is 17.3 Å². The number of nitrogens with zero attached hydrogens (tertiary/aromatic N) is 1. The topological polar surface area (TPSA) is 107 Å². The fourth-order valence-electron chi connectivity index (χ4n) is 2.06. The van der Waals surface area contributed by atoms with Gasteiger partial charge in [0.25, 0.3) is 0 Å². The van der Waals surface area contributed by atoms with E-state index in [1.807, 2.05) is 0 Å². The summed E-state index contributed by atoms with van der Waals surface area (Å²) >= 11 is 0. The van der Waals surface area contributed by atoms with Gasteiger partial charge in [-0.2, -0.15) is 4.72 Å². The van der Waals surface area contributed by atoms with Crippen LogP contribution >= 0.6 is 0 Å². The summed E-state index contributed by atoms with van der Waals surface area (Å²) in [6.45, 7) is 2.95. The van der Waals surface area contributed by atoms with Gasteiger partial charge >= 0.3 is 0 Å². The Kier molecular flexibility index (Phi) is 5.83. The number of hydrogen-bond donors (Lipinski definition) is 2. The summed E-state index contributed by atoms with van der Waals surface area (Å²) in [5.74, 6) is 0.414. The van der Waals surface area contributed by atoms with E-state index in [4.69, 9.17) is 9.47 Å². The molecule has 1 aromatic carbocycles. The lowest BCUT2D eigenvalue weighted by Crippen LogP contribution is -2.52. The summed E-state index contributed by atoms with van der Waals surface area (Å²) in [7, 11) is -0.920. The number of pyridine rings is 1. The molecule has 26 heavy (non-hydrogen) atoms. The summed E-state index contributed by atoms with van der Waals surface area (Å²) in [4.78, 5) is 16.5. The monoisotopic (exact) mass is 379 g/mol. The van der Waals surface area contributed by atoms with Crippen molar-refractivity contribution in [2.75, 3.05) is 19.5 Å². The summed E-state index contributed by atoms with van der Waals surface area (Å²) in [5, 5.41) is 2.62. The number of nitrogens with one attached hydrogen (secondary N) is 2. The molecule has 0 aliphatic rings. The molecule has 1 heterocycles. The van der Waals surface area contributed by atoms with E-state index in [1.165, 1.54) is 58.5 Å². The largest absolute Gasteiger partial charge is 0.497 e. The molecule has 0 fully saturated rings. The second kappa shape index (κ2) is 7.71. The first-order valence-corrected chi connectivity index (χ1v) is 9.16. The summed E-state index contributed by atoms with van der Waals surface area (Å²) in [6, 6.07) is 9.07. The van der Waals surface area contributed by atoms with E-state index in [0.717, 1.165) is 0 Å². The Balaban J connectivity index is 2.12. The van der Waals surface area contributed by atoms with Gasteiger partial charge < -0.3 is 14.8 Å². The number of aromatic nitrogens is 1. The number of methoxy groups -OCH3 is 2. The fourth-order valence-corrected chi connectivity index (χ4v) is 3.44. The average molecular weight is 379 g/mol. The molecule has 0 aliphatic carbocycles. The average Bonchev–Trinajstić information content (AvgIpc) is 2.61. The van der Waals surface area contributed by atoms with Gasteiger partial charge in [0, 0.05) is 6.07 Å². The summed E-state index contributed by atoms with van der Waals surface area (Å²) < 4.78 is 37.4. The van der Waals surface area contributed by atoms with Crippen molar-refractivity contribution in [2.45, 2.75) is 24.3 Å². The lowest BCUT2D eigenvalue weighted by molar-refractivity contribution is -0.120. The molecule has 1 amide bonds. The maximum Gasteiger partial charge on any atom is 0.245 e. The molecule has 0 aliphatic heterocycles. The van der Waals surface area contributed by atoms with Crippen molar-refractivity contribution in [3.05, 3.63) is 42.6 Å². The highest BCUT2D eigenvalue weighted by Gasteiger charge is 2.33. The third kappa shape index (κ3) is 4.70. The standard InChI is InChI=1S/C17H21N3O5S/c1-17(2,16(21)19-12-5-10-15(25-4)18-11-12)20-26(22,23)14-8-6-13(24-3)7-9-14/h5-11,20H,1-4H3,(H,19,21). The number of ether oxygens (including phenoxy) is 2. The van der Waals surface area contributed by atoms with E-state index in [1.54, 1.807) is 12.1 Å². The first-order chi connectivity index (χ1) is 12.2. The van der Waals surface area contributed by atoms with Gasteiger partial charge in [0.15, 0.2) is 0 Å². The predicted molar refractivity (Wildman–Crippen MR) is 96.8 cm³/mol. The minimum absolute atomic E-state index is 0.0327. The van der Waals surface area contributed by atoms with Crippen LogP contribution in [0.25, 0.3) is 0 Å². The summed E-state index contributed by atoms with van der Waals surface area (Å²) in [6.07, 6.45) is 1.42. The maximum absolute atomic E-state index is 12.5. The van der Waals surface area contributed by atoms with Gasteiger partial charge in [0.1, 0.15) is 11.3 Å². The number of rotatable bonds is 7. The molecule has 0 atom stereocenters. The molecule has 0 saturated carbocycles. The van der Waals surface area contributed by atoms with Gasteiger partial charge in [0.2, 0.25) is 21.8 Å². The zero-order chi connectivity index (χ0) is 19.4. The molecule has 2 aromatic rings. The summed E-state index contributed by atoms with van der Waals surface area (Å²) in [5.41, 5.74) is -0.967. The molecule has 0 unspecified atom stereocenters. The van der Waals surface area contributed by atoms with Crippen LogP contribution < -0.4 is 19.5 Å². The Bertz CT molecular complexity index is 862. The number of benzene rings is 1. The molecule has 2 N–H and O–H groups in total. The second-order valence-electron chi connectivity index (χ2n) is 5.95. The van der Waals surface area contributed by atoms with Crippen molar-refractivity contribution < 1.29 is 22.7 Å². The van der Waals surface area contributed by atoms with Crippen LogP contribution in [0.4, 0.5) is 5.69 Å². The zero-order valence-corrected chi connectivity index (χ0v) is 15.8. The van der Waals surface area contributed by atoms with Gasteiger partial charge in [-0.1, -0.05) is 0 Å². The van der Waals surface area contributed by atoms with Crippen molar-refractivity contribution in [1.82, 2.24) is 9.71 Å². The van der Waals surface area contributed by atoms with Crippen LogP contribution in [0.15, 0.2) is 47.5 Å². The van der Waals surface area contributed by atoms with E-state index >= 15 is 0 Å². The van der Waals surface area contributed by atoms with E-state index in [2.05, 4.69) is 15.0 Å². The Morgan fingerprint density at radius 3 is 2.19 bits per heavy atom. The third-order valence-electron chi connectivity index (χ3n) is 3.53. The predicted octanol–water partition coefficient (Wildman–Crippen LogP) is 1.79. The minimum Gasteiger partial charge on any atom is -0.497 e. The zero-order valence-electron chi connectivity index (χ0n) is 14.9. The van der Waals surface area contributed by atoms with Crippen LogP contribution in [0.5, 0.6) is 11.6 Å². The van der Waals surface area contributed by atoms with E-state index in [9.17, 15) is 13.2 Å². The lowest BCUT2D eigenvalue weighted by Gasteiger charge is -2.25. The molecule has 0 spiro atoms. The normalized spacial score (nSPS) is 11.7. The molecule has 9 heteroatoms. The molecule has 2 rings (SSSR count). The maximum atomic E-state index is 12.5. The van der Waals surface area contributed by atoms with Crippen molar-refractivity contribution >= 4 is 21.6 Å². The molecule has 8 nitrogen and oxygen atoms in total. The molecule has 0 radical (unpaired) electrons. The molecule has 0 saturated heterocycles. The highest BCUT2D eigenvalue weighted by molar-refractivity contribution is 7.89. The molecule has 140 valence electrons. The Hall–Kier alpha value is -2.65. The first kappa shape index (κ1) is 19.7. The van der Waals surface area contributed by atoms with Crippen LogP contribution in [-0.2, 0) is 14.8 Å². The molecule has 1 aromatic heterocycles. The SMILES string of the molecule is COc1ccc(S(=O)(=O)NC(C)(C)C(=O)Nc2ccc(OC)nc2)cc1. The van der Waals surface area contributed by atoms with Gasteiger partial charge in [-0.05, 0) is 44.2 Å². The highest BCUT2D eigenvalue weighted by Crippen LogP contribution is 2.19. The molecule has 0 bridgehead atoms. The van der Waals surface area contributed by atoms with Gasteiger partial charge in [-0.25, -0.2) is 13.4 Å². The van der Waals surface area contributed by atoms with Gasteiger partial charge in [0.05, 0.1) is 31.0 Å². The van der Waals surface area contributed by atoms with E-state index in [-0.39, 0.29) is 4.90 Å².